The van der Waals surface area contributed by atoms with E-state index in [1.54, 1.807) is 0 Å². The van der Waals surface area contributed by atoms with Crippen LogP contribution >= 0.6 is 0 Å². The lowest BCUT2D eigenvalue weighted by Crippen LogP contribution is -2.25. The van der Waals surface area contributed by atoms with Gasteiger partial charge in [0, 0.05) is 12.8 Å². The molecule has 0 radical (unpaired) electrons. The predicted molar refractivity (Wildman–Crippen MR) is 182 cm³/mol. The fraction of sp³-hybridized carbons (Fsp3) is 0.947. The first-order chi connectivity index (χ1) is 21.0. The van der Waals surface area contributed by atoms with Crippen LogP contribution in [0.25, 0.3) is 0 Å². The van der Waals surface area contributed by atoms with Gasteiger partial charge < -0.3 is 14.6 Å². The van der Waals surface area contributed by atoms with E-state index in [1.807, 2.05) is 0 Å². The Kier molecular flexibility index (Phi) is 32.9. The Bertz CT molecular complexity index is 593. The van der Waals surface area contributed by atoms with E-state index in [4.69, 9.17) is 9.47 Å². The number of ether oxygens (including phenoxy) is 2. The molecule has 0 amide bonds. The number of esters is 2. The second-order valence-corrected chi connectivity index (χ2v) is 13.3. The molecule has 0 spiro atoms. The Morgan fingerprint density at radius 1 is 0.488 bits per heavy atom. The van der Waals surface area contributed by atoms with Gasteiger partial charge in [0.15, 0.2) is 0 Å². The largest absolute Gasteiger partial charge is 0.463 e. The zero-order valence-electron chi connectivity index (χ0n) is 29.2. The van der Waals surface area contributed by atoms with Gasteiger partial charge in [-0.1, -0.05) is 181 Å². The molecule has 43 heavy (non-hydrogen) atoms. The van der Waals surface area contributed by atoms with Crippen molar-refractivity contribution in [2.45, 2.75) is 213 Å². The Hall–Kier alpha value is -1.10. The van der Waals surface area contributed by atoms with Gasteiger partial charge in [0.2, 0.25) is 0 Å². The van der Waals surface area contributed by atoms with Crippen molar-refractivity contribution in [1.29, 1.82) is 0 Å². The summed E-state index contributed by atoms with van der Waals surface area (Å²) in [6.07, 6.45) is 34.3. The summed E-state index contributed by atoms with van der Waals surface area (Å²) in [5.74, 6) is 0.349. The third-order valence-electron chi connectivity index (χ3n) is 8.88. The molecular formula is C38H74O5. The first kappa shape index (κ1) is 41.9. The fourth-order valence-corrected chi connectivity index (χ4v) is 5.59. The van der Waals surface area contributed by atoms with Gasteiger partial charge in [-0.2, -0.15) is 0 Å². The number of aliphatic hydroxyl groups excluding tert-OH is 1. The molecule has 0 bridgehead atoms. The maximum absolute atomic E-state index is 11.9. The first-order valence-corrected chi connectivity index (χ1v) is 19.0. The summed E-state index contributed by atoms with van der Waals surface area (Å²) >= 11 is 0. The van der Waals surface area contributed by atoms with Crippen LogP contribution in [0.1, 0.15) is 207 Å². The molecule has 0 aliphatic carbocycles. The molecule has 0 saturated carbocycles. The molecule has 0 aliphatic heterocycles. The smallest absolute Gasteiger partial charge is 0.305 e. The number of aliphatic hydroxyl groups is 1. The van der Waals surface area contributed by atoms with Gasteiger partial charge in [-0.15, -0.1) is 0 Å². The lowest BCUT2D eigenvalue weighted by Gasteiger charge is -2.12. The van der Waals surface area contributed by atoms with E-state index in [0.717, 1.165) is 31.6 Å². The second-order valence-electron chi connectivity index (χ2n) is 13.3. The van der Waals surface area contributed by atoms with Gasteiger partial charge in [-0.3, -0.25) is 9.59 Å². The number of hydrogen-bond acceptors (Lipinski definition) is 5. The summed E-state index contributed by atoms with van der Waals surface area (Å²) in [6, 6.07) is 0. The predicted octanol–water partition coefficient (Wildman–Crippen LogP) is 11.4. The average molecular weight is 611 g/mol. The molecular weight excluding hydrogens is 536 g/mol. The van der Waals surface area contributed by atoms with Crippen molar-refractivity contribution >= 4 is 11.9 Å². The maximum atomic E-state index is 11.9. The van der Waals surface area contributed by atoms with Gasteiger partial charge >= 0.3 is 11.9 Å². The van der Waals surface area contributed by atoms with Crippen molar-refractivity contribution in [2.75, 3.05) is 13.2 Å². The van der Waals surface area contributed by atoms with Crippen LogP contribution < -0.4 is 0 Å². The molecule has 0 saturated heterocycles. The zero-order chi connectivity index (χ0) is 31.6. The highest BCUT2D eigenvalue weighted by Gasteiger charge is 2.12. The summed E-state index contributed by atoms with van der Waals surface area (Å²) < 4.78 is 10.3. The SMILES string of the molecule is CCCCCCCCCCCCCC(=O)OC[C@@H](O)COC(=O)CCCCCCCCCCCCCCCCC(C)CC. The van der Waals surface area contributed by atoms with Crippen molar-refractivity contribution in [3.8, 4) is 0 Å². The topological polar surface area (TPSA) is 72.8 Å². The molecule has 0 aromatic rings. The third-order valence-corrected chi connectivity index (χ3v) is 8.88. The number of rotatable bonds is 34. The van der Waals surface area contributed by atoms with E-state index in [-0.39, 0.29) is 25.2 Å². The first-order valence-electron chi connectivity index (χ1n) is 19.0. The van der Waals surface area contributed by atoms with Crippen LogP contribution in [0.5, 0.6) is 0 Å². The number of hydrogen-bond donors (Lipinski definition) is 1. The Morgan fingerprint density at radius 3 is 1.12 bits per heavy atom. The second kappa shape index (κ2) is 33.8. The molecule has 256 valence electrons. The summed E-state index contributed by atoms with van der Waals surface area (Å²) in [5, 5.41) is 9.98. The quantitative estimate of drug-likeness (QED) is 0.0579. The van der Waals surface area contributed by atoms with Gasteiger partial charge in [0.25, 0.3) is 0 Å². The summed E-state index contributed by atoms with van der Waals surface area (Å²) in [6.45, 7) is 6.70. The summed E-state index contributed by atoms with van der Waals surface area (Å²) in [4.78, 5) is 23.8. The zero-order valence-corrected chi connectivity index (χ0v) is 29.2. The van der Waals surface area contributed by atoms with E-state index in [1.165, 1.54) is 148 Å². The molecule has 5 nitrogen and oxygen atoms in total. The van der Waals surface area contributed by atoms with Crippen molar-refractivity contribution in [2.24, 2.45) is 5.92 Å². The number of carbonyl (C=O) groups is 2. The van der Waals surface area contributed by atoms with Gasteiger partial charge in [0.05, 0.1) is 0 Å². The standard InChI is InChI=1S/C38H74O5/c1-4-6-7-8-9-10-15-19-22-25-28-31-37(40)42-33-36(39)34-43-38(41)32-29-26-23-20-17-14-12-11-13-16-18-21-24-27-30-35(3)5-2/h35-36,39H,4-34H2,1-3H3/t35?,36-/m1/s1. The van der Waals surface area contributed by atoms with Crippen LogP contribution in [-0.4, -0.2) is 36.4 Å². The van der Waals surface area contributed by atoms with Crippen LogP contribution in [0.3, 0.4) is 0 Å². The van der Waals surface area contributed by atoms with E-state index < -0.39 is 6.10 Å². The minimum atomic E-state index is -0.954. The fourth-order valence-electron chi connectivity index (χ4n) is 5.59. The van der Waals surface area contributed by atoms with Gasteiger partial charge in [0.1, 0.15) is 19.3 Å². The molecule has 0 aromatic carbocycles. The molecule has 5 heteroatoms. The third kappa shape index (κ3) is 33.6. The summed E-state index contributed by atoms with van der Waals surface area (Å²) in [5.41, 5.74) is 0. The minimum Gasteiger partial charge on any atom is -0.463 e. The number of carbonyl (C=O) groups excluding carboxylic acids is 2. The molecule has 0 aromatic heterocycles. The minimum absolute atomic E-state index is 0.108. The van der Waals surface area contributed by atoms with Crippen LogP contribution in [0.15, 0.2) is 0 Å². The molecule has 1 unspecified atom stereocenters. The van der Waals surface area contributed by atoms with Crippen molar-refractivity contribution in [3.05, 3.63) is 0 Å². The highest BCUT2D eigenvalue weighted by atomic mass is 16.6. The molecule has 0 fully saturated rings. The lowest BCUT2D eigenvalue weighted by atomic mass is 9.99. The maximum Gasteiger partial charge on any atom is 0.305 e. The highest BCUT2D eigenvalue weighted by molar-refractivity contribution is 5.69. The molecule has 1 N–H and O–H groups in total. The Labute approximate surface area is 268 Å². The highest BCUT2D eigenvalue weighted by Crippen LogP contribution is 2.16. The van der Waals surface area contributed by atoms with Gasteiger partial charge in [-0.25, -0.2) is 0 Å². The summed E-state index contributed by atoms with van der Waals surface area (Å²) in [7, 11) is 0. The molecule has 0 aliphatic rings. The van der Waals surface area contributed by atoms with E-state index in [9.17, 15) is 14.7 Å². The molecule has 0 heterocycles. The van der Waals surface area contributed by atoms with Crippen LogP contribution in [0, 0.1) is 5.92 Å². The van der Waals surface area contributed by atoms with Crippen LogP contribution in [0.2, 0.25) is 0 Å². The van der Waals surface area contributed by atoms with Crippen LogP contribution in [-0.2, 0) is 19.1 Å². The lowest BCUT2D eigenvalue weighted by molar-refractivity contribution is -0.152. The van der Waals surface area contributed by atoms with E-state index in [0.29, 0.717) is 12.8 Å². The van der Waals surface area contributed by atoms with Crippen molar-refractivity contribution in [1.82, 2.24) is 0 Å². The van der Waals surface area contributed by atoms with Crippen molar-refractivity contribution < 1.29 is 24.2 Å². The normalized spacial score (nSPS) is 12.7. The van der Waals surface area contributed by atoms with Gasteiger partial charge in [-0.05, 0) is 18.8 Å². The molecule has 2 atom stereocenters. The average Bonchev–Trinajstić information content (AvgIpc) is 3.01. The monoisotopic (exact) mass is 611 g/mol. The van der Waals surface area contributed by atoms with E-state index in [2.05, 4.69) is 20.8 Å². The van der Waals surface area contributed by atoms with E-state index >= 15 is 0 Å². The Morgan fingerprint density at radius 2 is 0.791 bits per heavy atom. The Balaban J connectivity index is 3.38. The van der Waals surface area contributed by atoms with Crippen molar-refractivity contribution in [3.63, 3.8) is 0 Å². The number of unbranched alkanes of at least 4 members (excludes halogenated alkanes) is 23. The van der Waals surface area contributed by atoms with Crippen LogP contribution in [0.4, 0.5) is 0 Å². The molecule has 0 rings (SSSR count).